The molecule has 0 spiro atoms. The molecular formula is C21H15F3N6O. The molecule has 2 amide bonds. The molecule has 156 valence electrons. The van der Waals surface area contributed by atoms with Crippen LogP contribution >= 0.6 is 0 Å². The highest BCUT2D eigenvalue weighted by molar-refractivity contribution is 5.99. The number of aromatic nitrogens is 4. The van der Waals surface area contributed by atoms with Gasteiger partial charge in [-0.05, 0) is 42.5 Å². The second-order valence-electron chi connectivity index (χ2n) is 6.41. The first-order valence-corrected chi connectivity index (χ1v) is 9.07. The van der Waals surface area contributed by atoms with Crippen molar-refractivity contribution in [2.24, 2.45) is 0 Å². The van der Waals surface area contributed by atoms with Gasteiger partial charge in [0.2, 0.25) is 0 Å². The van der Waals surface area contributed by atoms with Crippen LogP contribution in [0.4, 0.5) is 29.5 Å². The van der Waals surface area contributed by atoms with E-state index in [-0.39, 0.29) is 17.2 Å². The fourth-order valence-electron chi connectivity index (χ4n) is 2.82. The van der Waals surface area contributed by atoms with Gasteiger partial charge in [-0.25, -0.2) is 14.5 Å². The Morgan fingerprint density at radius 3 is 2.39 bits per heavy atom. The highest BCUT2D eigenvalue weighted by Crippen LogP contribution is 2.33. The van der Waals surface area contributed by atoms with Crippen molar-refractivity contribution in [3.63, 3.8) is 0 Å². The van der Waals surface area contributed by atoms with E-state index in [0.29, 0.717) is 11.3 Å². The second-order valence-corrected chi connectivity index (χ2v) is 6.41. The van der Waals surface area contributed by atoms with E-state index < -0.39 is 17.9 Å². The minimum atomic E-state index is -4.63. The standard InChI is InChI=1S/C21H15F3N6O/c22-21(23,24)18-11-17(14-5-4-10-25-12-14)29-30(18)16-8-9-19(26-13-16)28-20(31)27-15-6-2-1-3-7-15/h1-13H,(H2,26,27,28,31). The third-order valence-electron chi connectivity index (χ3n) is 4.22. The van der Waals surface area contributed by atoms with E-state index in [1.165, 1.54) is 30.7 Å². The summed E-state index contributed by atoms with van der Waals surface area (Å²) in [4.78, 5) is 20.0. The van der Waals surface area contributed by atoms with Crippen LogP contribution in [0.1, 0.15) is 5.69 Å². The third kappa shape index (κ3) is 4.69. The summed E-state index contributed by atoms with van der Waals surface area (Å²) in [5, 5.41) is 9.23. The zero-order valence-corrected chi connectivity index (χ0v) is 15.8. The molecule has 0 saturated carbocycles. The molecule has 0 unspecified atom stereocenters. The van der Waals surface area contributed by atoms with E-state index in [1.807, 2.05) is 6.07 Å². The molecule has 2 N–H and O–H groups in total. The van der Waals surface area contributed by atoms with Crippen molar-refractivity contribution in [1.82, 2.24) is 19.7 Å². The van der Waals surface area contributed by atoms with Gasteiger partial charge in [0.25, 0.3) is 0 Å². The molecule has 0 bridgehead atoms. The first-order valence-electron chi connectivity index (χ1n) is 9.07. The first kappa shape index (κ1) is 20.1. The maximum absolute atomic E-state index is 13.6. The van der Waals surface area contributed by atoms with Crippen LogP contribution < -0.4 is 10.6 Å². The molecule has 31 heavy (non-hydrogen) atoms. The Morgan fingerprint density at radius 2 is 1.74 bits per heavy atom. The van der Waals surface area contributed by atoms with Crippen molar-refractivity contribution in [2.45, 2.75) is 6.18 Å². The zero-order chi connectivity index (χ0) is 21.8. The van der Waals surface area contributed by atoms with E-state index in [0.717, 1.165) is 10.7 Å². The van der Waals surface area contributed by atoms with Crippen LogP contribution in [0.3, 0.4) is 0 Å². The number of alkyl halides is 3. The summed E-state index contributed by atoms with van der Waals surface area (Å²) in [6.45, 7) is 0. The maximum atomic E-state index is 13.6. The number of benzene rings is 1. The molecule has 0 aliphatic heterocycles. The third-order valence-corrected chi connectivity index (χ3v) is 4.22. The highest BCUT2D eigenvalue weighted by atomic mass is 19.4. The molecule has 10 heteroatoms. The molecule has 4 aromatic rings. The van der Waals surface area contributed by atoms with E-state index >= 15 is 0 Å². The Kier molecular flexibility index (Phi) is 5.35. The van der Waals surface area contributed by atoms with Crippen molar-refractivity contribution in [3.8, 4) is 16.9 Å². The van der Waals surface area contributed by atoms with Crippen LogP contribution in [-0.4, -0.2) is 25.8 Å². The second kappa shape index (κ2) is 8.27. The van der Waals surface area contributed by atoms with E-state index in [4.69, 9.17) is 0 Å². The normalized spacial score (nSPS) is 11.2. The molecule has 0 aliphatic rings. The number of anilines is 2. The summed E-state index contributed by atoms with van der Waals surface area (Å²) in [6, 6.07) is 15.2. The Morgan fingerprint density at radius 1 is 0.935 bits per heavy atom. The number of pyridine rings is 2. The minimum Gasteiger partial charge on any atom is -0.308 e. The van der Waals surface area contributed by atoms with E-state index in [1.54, 1.807) is 36.4 Å². The number of hydrogen-bond donors (Lipinski definition) is 2. The van der Waals surface area contributed by atoms with Gasteiger partial charge in [-0.2, -0.15) is 18.3 Å². The van der Waals surface area contributed by atoms with Crippen molar-refractivity contribution in [3.05, 3.63) is 84.9 Å². The van der Waals surface area contributed by atoms with Gasteiger partial charge in [0, 0.05) is 23.6 Å². The van der Waals surface area contributed by atoms with Crippen molar-refractivity contribution in [2.75, 3.05) is 10.6 Å². The number of para-hydroxylation sites is 1. The SMILES string of the molecule is O=C(Nc1ccccc1)Nc1ccc(-n2nc(-c3cccnc3)cc2C(F)(F)F)cn1. The smallest absolute Gasteiger partial charge is 0.308 e. The molecule has 0 fully saturated rings. The van der Waals surface area contributed by atoms with Crippen molar-refractivity contribution in [1.29, 1.82) is 0 Å². The molecule has 3 aromatic heterocycles. The summed E-state index contributed by atoms with van der Waals surface area (Å²) >= 11 is 0. The topological polar surface area (TPSA) is 84.7 Å². The predicted octanol–water partition coefficient (Wildman–Crippen LogP) is 4.99. The van der Waals surface area contributed by atoms with Gasteiger partial charge in [-0.15, -0.1) is 0 Å². The summed E-state index contributed by atoms with van der Waals surface area (Å²) in [7, 11) is 0. The Labute approximate surface area is 174 Å². The number of carbonyl (C=O) groups excluding carboxylic acids is 1. The molecule has 3 heterocycles. The number of halogens is 3. The van der Waals surface area contributed by atoms with Gasteiger partial charge in [0.1, 0.15) is 11.5 Å². The van der Waals surface area contributed by atoms with Gasteiger partial charge in [0.05, 0.1) is 17.6 Å². The van der Waals surface area contributed by atoms with E-state index in [9.17, 15) is 18.0 Å². The lowest BCUT2D eigenvalue weighted by Gasteiger charge is -2.11. The number of amides is 2. The summed E-state index contributed by atoms with van der Waals surface area (Å²) < 4.78 is 41.4. The van der Waals surface area contributed by atoms with Crippen LogP contribution in [0, 0.1) is 0 Å². The molecule has 0 saturated heterocycles. The fraction of sp³-hybridized carbons (Fsp3) is 0.0476. The molecular weight excluding hydrogens is 409 g/mol. The molecule has 0 aliphatic carbocycles. The van der Waals surface area contributed by atoms with Crippen LogP contribution in [-0.2, 0) is 6.18 Å². The van der Waals surface area contributed by atoms with Gasteiger partial charge >= 0.3 is 12.2 Å². The van der Waals surface area contributed by atoms with Gasteiger partial charge < -0.3 is 5.32 Å². The van der Waals surface area contributed by atoms with Crippen molar-refractivity contribution < 1.29 is 18.0 Å². The average molecular weight is 424 g/mol. The van der Waals surface area contributed by atoms with Gasteiger partial charge in [-0.1, -0.05) is 18.2 Å². The van der Waals surface area contributed by atoms with Crippen LogP contribution in [0.25, 0.3) is 16.9 Å². The number of hydrogen-bond acceptors (Lipinski definition) is 4. The Bertz CT molecular complexity index is 1180. The van der Waals surface area contributed by atoms with Crippen LogP contribution in [0.2, 0.25) is 0 Å². The van der Waals surface area contributed by atoms with E-state index in [2.05, 4.69) is 25.7 Å². The quantitative estimate of drug-likeness (QED) is 0.483. The summed E-state index contributed by atoms with van der Waals surface area (Å²) in [6.07, 6.45) is -0.467. The number of nitrogens with one attached hydrogen (secondary N) is 2. The summed E-state index contributed by atoms with van der Waals surface area (Å²) in [5.74, 6) is 0.172. The molecule has 4 rings (SSSR count). The summed E-state index contributed by atoms with van der Waals surface area (Å²) in [5.41, 5.74) is 0.318. The zero-order valence-electron chi connectivity index (χ0n) is 15.8. The molecule has 0 radical (unpaired) electrons. The largest absolute Gasteiger partial charge is 0.433 e. The van der Waals surface area contributed by atoms with Gasteiger partial charge in [-0.3, -0.25) is 10.3 Å². The first-order chi connectivity index (χ1) is 14.9. The van der Waals surface area contributed by atoms with Crippen LogP contribution in [0.5, 0.6) is 0 Å². The van der Waals surface area contributed by atoms with Crippen molar-refractivity contribution >= 4 is 17.5 Å². The monoisotopic (exact) mass is 424 g/mol. The fourth-order valence-corrected chi connectivity index (χ4v) is 2.82. The molecule has 7 nitrogen and oxygen atoms in total. The number of urea groups is 1. The molecule has 1 aromatic carbocycles. The van der Waals surface area contributed by atoms with Gasteiger partial charge in [0.15, 0.2) is 0 Å². The highest BCUT2D eigenvalue weighted by Gasteiger charge is 2.36. The Hall–Kier alpha value is -4.21. The lowest BCUT2D eigenvalue weighted by Crippen LogP contribution is -2.20. The number of nitrogens with zero attached hydrogens (tertiary/aromatic N) is 4. The molecule has 0 atom stereocenters. The lowest BCUT2D eigenvalue weighted by atomic mass is 10.2. The Balaban J connectivity index is 1.57. The average Bonchev–Trinajstić information content (AvgIpc) is 3.22. The number of rotatable bonds is 4. The number of carbonyl (C=O) groups is 1. The predicted molar refractivity (Wildman–Crippen MR) is 109 cm³/mol. The minimum absolute atomic E-state index is 0.0940. The lowest BCUT2D eigenvalue weighted by molar-refractivity contribution is -0.142. The maximum Gasteiger partial charge on any atom is 0.433 e. The van der Waals surface area contributed by atoms with Crippen LogP contribution in [0.15, 0.2) is 79.3 Å².